The average Bonchev–Trinajstić information content (AvgIpc) is 2.71. The van der Waals surface area contributed by atoms with Gasteiger partial charge in [0.2, 0.25) is 0 Å². The molecule has 0 aliphatic rings. The minimum Gasteiger partial charge on any atom is -0.343 e. The molecule has 0 fully saturated rings. The molecular weight excluding hydrogens is 166 g/mol. The highest BCUT2D eigenvalue weighted by atomic mass is 16.5. The van der Waals surface area contributed by atoms with Crippen molar-refractivity contribution in [1.82, 2.24) is 10.4 Å². The van der Waals surface area contributed by atoms with E-state index in [1.54, 1.807) is 0 Å². The molecule has 2 rings (SSSR count). The van der Waals surface area contributed by atoms with Crippen LogP contribution < -0.4 is 4.90 Å². The molecule has 13 heavy (non-hydrogen) atoms. The molecule has 0 aliphatic carbocycles. The number of rotatable bonds is 2. The first kappa shape index (κ1) is 7.79. The fourth-order valence-corrected chi connectivity index (χ4v) is 1.09. The number of para-hydroxylation sites is 1. The van der Waals surface area contributed by atoms with Crippen LogP contribution in [0.2, 0.25) is 0 Å². The van der Waals surface area contributed by atoms with Crippen molar-refractivity contribution in [1.29, 1.82) is 0 Å². The van der Waals surface area contributed by atoms with Gasteiger partial charge in [-0.15, -0.1) is 0 Å². The Morgan fingerprint density at radius 3 is 2.62 bits per heavy atom. The maximum Gasteiger partial charge on any atom is 0.197 e. The quantitative estimate of drug-likeness (QED) is 0.698. The topological polar surface area (TPSA) is 42.2 Å². The fraction of sp³-hybridized carbons (Fsp3) is 0.111. The predicted octanol–water partition coefficient (Wildman–Crippen LogP) is 1.84. The molecule has 0 aliphatic heterocycles. The van der Waals surface area contributed by atoms with Gasteiger partial charge in [0.1, 0.15) is 0 Å². The van der Waals surface area contributed by atoms with E-state index in [1.807, 2.05) is 42.3 Å². The minimum absolute atomic E-state index is 0.700. The van der Waals surface area contributed by atoms with E-state index in [0.717, 1.165) is 5.69 Å². The lowest BCUT2D eigenvalue weighted by atomic mass is 10.3. The van der Waals surface area contributed by atoms with Crippen molar-refractivity contribution in [3.63, 3.8) is 0 Å². The van der Waals surface area contributed by atoms with Crippen LogP contribution >= 0.6 is 0 Å². The third-order valence-corrected chi connectivity index (χ3v) is 1.84. The molecule has 1 aromatic carbocycles. The van der Waals surface area contributed by atoms with E-state index in [-0.39, 0.29) is 0 Å². The van der Waals surface area contributed by atoms with E-state index in [2.05, 4.69) is 14.9 Å². The molecule has 1 heterocycles. The summed E-state index contributed by atoms with van der Waals surface area (Å²) in [5.74, 6) is 0.700. The summed E-state index contributed by atoms with van der Waals surface area (Å²) >= 11 is 0. The van der Waals surface area contributed by atoms with Crippen molar-refractivity contribution < 1.29 is 4.52 Å². The van der Waals surface area contributed by atoms with Crippen LogP contribution in [0.4, 0.5) is 11.5 Å². The maximum atomic E-state index is 4.65. The Morgan fingerprint density at radius 1 is 1.23 bits per heavy atom. The highest BCUT2D eigenvalue weighted by molar-refractivity contribution is 5.57. The highest BCUT2D eigenvalue weighted by Gasteiger charge is 2.05. The molecule has 0 radical (unpaired) electrons. The molecule has 66 valence electrons. The molecule has 4 nitrogen and oxygen atoms in total. The van der Waals surface area contributed by atoms with Crippen LogP contribution in [0, 0.1) is 0 Å². The van der Waals surface area contributed by atoms with Gasteiger partial charge >= 0.3 is 0 Å². The van der Waals surface area contributed by atoms with Crippen molar-refractivity contribution in [2.75, 3.05) is 11.9 Å². The summed E-state index contributed by atoms with van der Waals surface area (Å²) in [5, 5.41) is 7.20. The summed E-state index contributed by atoms with van der Waals surface area (Å²) in [5.41, 5.74) is 1.05. The molecule has 0 amide bonds. The third kappa shape index (κ3) is 1.51. The Morgan fingerprint density at radius 2 is 2.00 bits per heavy atom. The van der Waals surface area contributed by atoms with Gasteiger partial charge in [-0.1, -0.05) is 23.3 Å². The van der Waals surface area contributed by atoms with Crippen LogP contribution in [-0.2, 0) is 0 Å². The first-order chi connectivity index (χ1) is 6.38. The highest BCUT2D eigenvalue weighted by Crippen LogP contribution is 2.19. The Labute approximate surface area is 75.8 Å². The second-order valence-electron chi connectivity index (χ2n) is 2.66. The average molecular weight is 175 g/mol. The monoisotopic (exact) mass is 175 g/mol. The van der Waals surface area contributed by atoms with Crippen molar-refractivity contribution in [2.24, 2.45) is 0 Å². The normalized spacial score (nSPS) is 9.92. The van der Waals surface area contributed by atoms with Gasteiger partial charge in [-0.2, -0.15) is 0 Å². The van der Waals surface area contributed by atoms with E-state index in [1.165, 1.54) is 6.26 Å². The molecule has 2 aromatic rings. The second kappa shape index (κ2) is 3.26. The first-order valence-corrected chi connectivity index (χ1v) is 3.94. The number of anilines is 2. The van der Waals surface area contributed by atoms with Crippen LogP contribution in [0.1, 0.15) is 0 Å². The summed E-state index contributed by atoms with van der Waals surface area (Å²) in [6.45, 7) is 0. The third-order valence-electron chi connectivity index (χ3n) is 1.84. The van der Waals surface area contributed by atoms with Crippen molar-refractivity contribution >= 4 is 11.5 Å². The van der Waals surface area contributed by atoms with Crippen LogP contribution in [0.3, 0.4) is 0 Å². The lowest BCUT2D eigenvalue weighted by Gasteiger charge is -2.13. The predicted molar refractivity (Wildman–Crippen MR) is 48.8 cm³/mol. The lowest BCUT2D eigenvalue weighted by Crippen LogP contribution is -2.09. The number of hydrogen-bond donors (Lipinski definition) is 0. The zero-order valence-corrected chi connectivity index (χ0v) is 7.21. The summed E-state index contributed by atoms with van der Waals surface area (Å²) in [7, 11) is 1.91. The number of hydrogen-bond acceptors (Lipinski definition) is 4. The van der Waals surface area contributed by atoms with Gasteiger partial charge in [-0.25, -0.2) is 0 Å². The summed E-state index contributed by atoms with van der Waals surface area (Å²) in [4.78, 5) is 1.90. The first-order valence-electron chi connectivity index (χ1n) is 3.94. The van der Waals surface area contributed by atoms with E-state index >= 15 is 0 Å². The molecule has 0 saturated heterocycles. The van der Waals surface area contributed by atoms with E-state index in [0.29, 0.717) is 5.82 Å². The van der Waals surface area contributed by atoms with Crippen LogP contribution in [0.25, 0.3) is 0 Å². The molecule has 0 saturated carbocycles. The molecule has 0 spiro atoms. The zero-order chi connectivity index (χ0) is 9.10. The van der Waals surface area contributed by atoms with Crippen molar-refractivity contribution in [3.05, 3.63) is 36.6 Å². The maximum absolute atomic E-state index is 4.65. The van der Waals surface area contributed by atoms with E-state index < -0.39 is 0 Å². The molecule has 0 N–H and O–H groups in total. The van der Waals surface area contributed by atoms with Gasteiger partial charge in [0, 0.05) is 18.0 Å². The second-order valence-corrected chi connectivity index (χ2v) is 2.66. The zero-order valence-electron chi connectivity index (χ0n) is 7.21. The Bertz CT molecular complexity index is 358. The Balaban J connectivity index is 2.29. The SMILES string of the molecule is CN(c1ccccc1)c1conn1. The summed E-state index contributed by atoms with van der Waals surface area (Å²) in [6.07, 6.45) is 1.51. The fourth-order valence-electron chi connectivity index (χ4n) is 1.09. The Kier molecular flexibility index (Phi) is 1.96. The number of benzene rings is 1. The van der Waals surface area contributed by atoms with Gasteiger partial charge in [0.15, 0.2) is 12.1 Å². The van der Waals surface area contributed by atoms with Gasteiger partial charge in [-0.3, -0.25) is 0 Å². The smallest absolute Gasteiger partial charge is 0.197 e. The molecule has 1 aromatic heterocycles. The lowest BCUT2D eigenvalue weighted by molar-refractivity contribution is 0.393. The van der Waals surface area contributed by atoms with Gasteiger partial charge in [0.05, 0.1) is 0 Å². The van der Waals surface area contributed by atoms with Crippen molar-refractivity contribution in [3.8, 4) is 0 Å². The van der Waals surface area contributed by atoms with Crippen LogP contribution in [-0.4, -0.2) is 17.4 Å². The molecule has 0 atom stereocenters. The largest absolute Gasteiger partial charge is 0.343 e. The van der Waals surface area contributed by atoms with Crippen LogP contribution in [0.15, 0.2) is 41.1 Å². The standard InChI is InChI=1S/C9H9N3O/c1-12(9-7-13-11-10-9)8-5-3-2-4-6-8/h2-7H,1H3. The Hall–Kier alpha value is -1.84. The van der Waals surface area contributed by atoms with E-state index in [4.69, 9.17) is 0 Å². The van der Waals surface area contributed by atoms with Crippen molar-refractivity contribution in [2.45, 2.75) is 0 Å². The van der Waals surface area contributed by atoms with Gasteiger partial charge in [-0.05, 0) is 12.1 Å². The molecule has 4 heteroatoms. The molecule has 0 unspecified atom stereocenters. The molecular formula is C9H9N3O. The number of aromatic nitrogens is 2. The molecule has 0 bridgehead atoms. The van der Waals surface area contributed by atoms with E-state index in [9.17, 15) is 0 Å². The number of nitrogens with zero attached hydrogens (tertiary/aromatic N) is 3. The van der Waals surface area contributed by atoms with Gasteiger partial charge in [0.25, 0.3) is 0 Å². The minimum atomic E-state index is 0.700. The summed E-state index contributed by atoms with van der Waals surface area (Å²) < 4.78 is 4.65. The van der Waals surface area contributed by atoms with Crippen LogP contribution in [0.5, 0.6) is 0 Å². The summed E-state index contributed by atoms with van der Waals surface area (Å²) in [6, 6.07) is 9.90. The van der Waals surface area contributed by atoms with Gasteiger partial charge < -0.3 is 9.42 Å².